The van der Waals surface area contributed by atoms with E-state index in [0.717, 1.165) is 23.3 Å². The highest BCUT2D eigenvalue weighted by Crippen LogP contribution is 2.38. The van der Waals surface area contributed by atoms with Crippen LogP contribution in [0.1, 0.15) is 56.9 Å². The number of hydrogen-bond donors (Lipinski definition) is 0. The lowest BCUT2D eigenvalue weighted by molar-refractivity contribution is -0.155. The summed E-state index contributed by atoms with van der Waals surface area (Å²) in [6.45, 7) is 5.60. The van der Waals surface area contributed by atoms with Crippen LogP contribution in [-0.2, 0) is 9.53 Å². The molecule has 2 aromatic rings. The van der Waals surface area contributed by atoms with Crippen LogP contribution in [0.25, 0.3) is 10.4 Å². The molecule has 150 valence electrons. The van der Waals surface area contributed by atoms with E-state index < -0.39 is 5.60 Å². The van der Waals surface area contributed by atoms with E-state index in [1.54, 1.807) is 10.4 Å². The van der Waals surface area contributed by atoms with Crippen LogP contribution in [0.2, 0.25) is 0 Å². The van der Waals surface area contributed by atoms with Gasteiger partial charge in [-0.05, 0) is 51.5 Å². The van der Waals surface area contributed by atoms with Gasteiger partial charge in [-0.3, -0.25) is 9.59 Å². The largest absolute Gasteiger partial charge is 0.460 e. The Kier molecular flexibility index (Phi) is 6.18. The molecular formula is C22H28N2O3S. The zero-order chi connectivity index (χ0) is 20.3. The van der Waals surface area contributed by atoms with Crippen molar-refractivity contribution in [3.8, 4) is 10.4 Å². The van der Waals surface area contributed by atoms with E-state index in [1.807, 2.05) is 58.2 Å². The zero-order valence-corrected chi connectivity index (χ0v) is 17.8. The summed E-state index contributed by atoms with van der Waals surface area (Å²) in [7, 11) is 1.83. The molecule has 0 N–H and O–H groups in total. The molecule has 1 unspecified atom stereocenters. The predicted octanol–water partition coefficient (Wildman–Crippen LogP) is 4.78. The van der Waals surface area contributed by atoms with E-state index in [2.05, 4.69) is 4.98 Å². The molecule has 1 heterocycles. The third-order valence-corrected chi connectivity index (χ3v) is 5.73. The van der Waals surface area contributed by atoms with Gasteiger partial charge in [-0.25, -0.2) is 4.98 Å². The summed E-state index contributed by atoms with van der Waals surface area (Å²) in [4.78, 5) is 32.4. The van der Waals surface area contributed by atoms with Gasteiger partial charge in [-0.1, -0.05) is 30.3 Å². The molecule has 0 aliphatic heterocycles. The predicted molar refractivity (Wildman–Crippen MR) is 111 cm³/mol. The summed E-state index contributed by atoms with van der Waals surface area (Å²) in [5.74, 6) is 0.161. The van der Waals surface area contributed by atoms with Crippen LogP contribution in [0.5, 0.6) is 0 Å². The van der Waals surface area contributed by atoms with Gasteiger partial charge in [-0.15, -0.1) is 11.3 Å². The van der Waals surface area contributed by atoms with Crippen LogP contribution in [0.4, 0.5) is 0 Å². The van der Waals surface area contributed by atoms with Gasteiger partial charge in [0.25, 0.3) is 5.91 Å². The molecule has 28 heavy (non-hydrogen) atoms. The fourth-order valence-corrected chi connectivity index (χ4v) is 4.18. The molecule has 0 spiro atoms. The average molecular weight is 401 g/mol. The van der Waals surface area contributed by atoms with Crippen LogP contribution < -0.4 is 0 Å². The second kappa shape index (κ2) is 8.43. The van der Waals surface area contributed by atoms with E-state index in [9.17, 15) is 9.59 Å². The van der Waals surface area contributed by atoms with Crippen LogP contribution >= 0.6 is 11.3 Å². The number of thiazole rings is 1. The summed E-state index contributed by atoms with van der Waals surface area (Å²) < 4.78 is 5.42. The number of aromatic nitrogens is 1. The molecule has 5 nitrogen and oxygen atoms in total. The molecule has 0 saturated heterocycles. The number of benzene rings is 1. The van der Waals surface area contributed by atoms with Crippen LogP contribution in [0.15, 0.2) is 35.8 Å². The molecule has 1 atom stereocenters. The van der Waals surface area contributed by atoms with E-state index in [0.29, 0.717) is 24.5 Å². The molecule has 0 radical (unpaired) electrons. The first-order valence-corrected chi connectivity index (χ1v) is 10.6. The fourth-order valence-electron chi connectivity index (χ4n) is 3.40. The Balaban J connectivity index is 1.71. The Bertz CT molecular complexity index is 822. The Morgan fingerprint density at radius 1 is 1.25 bits per heavy atom. The SMILES string of the molecule is CN(C(=O)c1ncsc1-c1ccccc1)C(CCC(=O)OC(C)(C)C)C1CC1. The van der Waals surface area contributed by atoms with Crippen molar-refractivity contribution in [1.82, 2.24) is 9.88 Å². The van der Waals surface area contributed by atoms with Gasteiger partial charge in [0.15, 0.2) is 0 Å². The fraction of sp³-hybridized carbons (Fsp3) is 0.500. The molecule has 3 rings (SSSR count). The van der Waals surface area contributed by atoms with Gasteiger partial charge in [0.1, 0.15) is 11.3 Å². The third-order valence-electron chi connectivity index (χ3n) is 4.85. The van der Waals surface area contributed by atoms with Crippen LogP contribution in [-0.4, -0.2) is 40.5 Å². The zero-order valence-electron chi connectivity index (χ0n) is 17.0. The lowest BCUT2D eigenvalue weighted by Crippen LogP contribution is -2.39. The average Bonchev–Trinajstić information content (AvgIpc) is 3.35. The number of ether oxygens (including phenoxy) is 1. The minimum atomic E-state index is -0.487. The van der Waals surface area contributed by atoms with Crippen molar-refractivity contribution in [2.24, 2.45) is 5.92 Å². The van der Waals surface area contributed by atoms with Gasteiger partial charge < -0.3 is 9.64 Å². The number of rotatable bonds is 7. The van der Waals surface area contributed by atoms with E-state index in [4.69, 9.17) is 4.74 Å². The highest BCUT2D eigenvalue weighted by atomic mass is 32.1. The normalized spacial score (nSPS) is 15.1. The van der Waals surface area contributed by atoms with Crippen LogP contribution in [0.3, 0.4) is 0 Å². The first-order chi connectivity index (χ1) is 13.3. The first-order valence-electron chi connectivity index (χ1n) is 9.74. The first kappa shape index (κ1) is 20.5. The number of nitrogens with zero attached hydrogens (tertiary/aromatic N) is 2. The molecule has 6 heteroatoms. The van der Waals surface area contributed by atoms with Crippen molar-refractivity contribution in [1.29, 1.82) is 0 Å². The van der Waals surface area contributed by atoms with Crippen molar-refractivity contribution < 1.29 is 14.3 Å². The number of amides is 1. The van der Waals surface area contributed by atoms with Crippen LogP contribution in [0, 0.1) is 5.92 Å². The highest BCUT2D eigenvalue weighted by Gasteiger charge is 2.37. The lowest BCUT2D eigenvalue weighted by Gasteiger charge is -2.28. The molecule has 1 fully saturated rings. The summed E-state index contributed by atoms with van der Waals surface area (Å²) in [5, 5.41) is 0. The molecule has 1 saturated carbocycles. The van der Waals surface area contributed by atoms with Gasteiger partial charge in [-0.2, -0.15) is 0 Å². The maximum Gasteiger partial charge on any atom is 0.306 e. The highest BCUT2D eigenvalue weighted by molar-refractivity contribution is 7.13. The molecular weight excluding hydrogens is 372 g/mol. The number of hydrogen-bond acceptors (Lipinski definition) is 5. The van der Waals surface area contributed by atoms with Crippen molar-refractivity contribution >= 4 is 23.2 Å². The van der Waals surface area contributed by atoms with Crippen molar-refractivity contribution in [3.63, 3.8) is 0 Å². The summed E-state index contributed by atoms with van der Waals surface area (Å²) in [5.41, 5.74) is 2.72. The standard InChI is InChI=1S/C22H28N2O3S/c1-22(2,3)27-18(25)13-12-17(15-10-11-15)24(4)21(26)19-20(28-14-23-19)16-8-6-5-7-9-16/h5-9,14-15,17H,10-13H2,1-4H3. The Morgan fingerprint density at radius 2 is 1.93 bits per heavy atom. The van der Waals surface area contributed by atoms with E-state index >= 15 is 0 Å². The minimum absolute atomic E-state index is 0.0327. The second-order valence-corrected chi connectivity index (χ2v) is 9.20. The minimum Gasteiger partial charge on any atom is -0.460 e. The van der Waals surface area contributed by atoms with Gasteiger partial charge in [0.2, 0.25) is 0 Å². The number of esters is 1. The Morgan fingerprint density at radius 3 is 2.54 bits per heavy atom. The van der Waals surface area contributed by atoms with Gasteiger partial charge >= 0.3 is 5.97 Å². The lowest BCUT2D eigenvalue weighted by atomic mass is 10.0. The van der Waals surface area contributed by atoms with Gasteiger partial charge in [0.05, 0.1) is 10.4 Å². The second-order valence-electron chi connectivity index (χ2n) is 8.34. The van der Waals surface area contributed by atoms with Crippen molar-refractivity contribution in [2.75, 3.05) is 7.05 Å². The maximum atomic E-state index is 13.2. The molecule has 1 aromatic heterocycles. The van der Waals surface area contributed by atoms with E-state index in [-0.39, 0.29) is 17.9 Å². The molecule has 0 bridgehead atoms. The molecule has 1 aliphatic rings. The topological polar surface area (TPSA) is 59.5 Å². The quantitative estimate of drug-likeness (QED) is 0.628. The number of carbonyl (C=O) groups excluding carboxylic acids is 2. The van der Waals surface area contributed by atoms with E-state index in [1.165, 1.54) is 11.3 Å². The molecule has 1 aliphatic carbocycles. The number of carbonyl (C=O) groups is 2. The molecule has 1 amide bonds. The van der Waals surface area contributed by atoms with Gasteiger partial charge in [0, 0.05) is 19.5 Å². The third kappa shape index (κ3) is 5.19. The summed E-state index contributed by atoms with van der Waals surface area (Å²) in [6.07, 6.45) is 3.13. The monoisotopic (exact) mass is 400 g/mol. The smallest absolute Gasteiger partial charge is 0.306 e. The molecule has 1 aromatic carbocycles. The summed E-state index contributed by atoms with van der Waals surface area (Å²) >= 11 is 1.48. The Hall–Kier alpha value is -2.21. The summed E-state index contributed by atoms with van der Waals surface area (Å²) in [6, 6.07) is 9.89. The Labute approximate surface area is 170 Å². The maximum absolute atomic E-state index is 13.2. The van der Waals surface area contributed by atoms with Crippen molar-refractivity contribution in [3.05, 3.63) is 41.5 Å². The van der Waals surface area contributed by atoms with Crippen molar-refractivity contribution in [2.45, 2.75) is 58.1 Å².